The molecule has 2 heterocycles. The van der Waals surface area contributed by atoms with Gasteiger partial charge < -0.3 is 14.2 Å². The second-order valence-electron chi connectivity index (χ2n) is 10.9. The zero-order valence-corrected chi connectivity index (χ0v) is 23.3. The molecule has 0 saturated carbocycles. The van der Waals surface area contributed by atoms with E-state index in [1.807, 2.05) is 0 Å². The molecule has 0 aliphatic carbocycles. The summed E-state index contributed by atoms with van der Waals surface area (Å²) in [7, 11) is 0. The summed E-state index contributed by atoms with van der Waals surface area (Å²) in [6, 6.07) is 55.9. The van der Waals surface area contributed by atoms with Gasteiger partial charge in [-0.05, 0) is 59.5 Å². The van der Waals surface area contributed by atoms with E-state index in [0.29, 0.717) is 0 Å². The third-order valence-electron chi connectivity index (χ3n) is 8.56. The van der Waals surface area contributed by atoms with Crippen LogP contribution in [0.15, 0.2) is 158 Å². The van der Waals surface area contributed by atoms with Crippen molar-refractivity contribution in [2.75, 3.05) is 4.90 Å². The number of nitrogens with zero attached hydrogens (tertiary/aromatic N) is 2. The zero-order valence-electron chi connectivity index (χ0n) is 23.3. The first kappa shape index (κ1) is 23.9. The Labute approximate surface area is 249 Å². The molecule has 0 fully saturated rings. The molecule has 0 radical (unpaired) electrons. The maximum absolute atomic E-state index is 6.60. The topological polar surface area (TPSA) is 17.4 Å². The van der Waals surface area contributed by atoms with Crippen molar-refractivity contribution in [1.29, 1.82) is 0 Å². The molecule has 1 aliphatic heterocycles. The van der Waals surface area contributed by atoms with Gasteiger partial charge in [0.1, 0.15) is 0 Å². The molecule has 9 rings (SSSR count). The molecule has 0 saturated heterocycles. The van der Waals surface area contributed by atoms with Gasteiger partial charge in [-0.15, -0.1) is 0 Å². The summed E-state index contributed by atoms with van der Waals surface area (Å²) in [5.74, 6) is 1.75. The molecule has 0 unspecified atom stereocenters. The van der Waals surface area contributed by atoms with Crippen LogP contribution in [0.4, 0.5) is 17.1 Å². The average Bonchev–Trinajstić information content (AvgIpc) is 3.41. The van der Waals surface area contributed by atoms with E-state index in [1.165, 1.54) is 32.6 Å². The average molecular weight is 551 g/mol. The lowest BCUT2D eigenvalue weighted by Crippen LogP contribution is -2.10. The van der Waals surface area contributed by atoms with Gasteiger partial charge in [0.05, 0.1) is 22.4 Å². The van der Waals surface area contributed by atoms with Crippen molar-refractivity contribution in [1.82, 2.24) is 4.57 Å². The van der Waals surface area contributed by atoms with E-state index in [2.05, 4.69) is 167 Å². The summed E-state index contributed by atoms with van der Waals surface area (Å²) in [4.78, 5) is 2.34. The van der Waals surface area contributed by atoms with Gasteiger partial charge in [0, 0.05) is 33.1 Å². The van der Waals surface area contributed by atoms with E-state index in [4.69, 9.17) is 4.74 Å². The molecule has 1 aromatic heterocycles. The minimum atomic E-state index is 0.863. The van der Waals surface area contributed by atoms with Crippen LogP contribution in [0.5, 0.6) is 11.5 Å². The molecule has 0 amide bonds. The van der Waals surface area contributed by atoms with Gasteiger partial charge in [-0.3, -0.25) is 0 Å². The van der Waals surface area contributed by atoms with Gasteiger partial charge >= 0.3 is 0 Å². The minimum absolute atomic E-state index is 0.863. The lowest BCUT2D eigenvalue weighted by atomic mass is 9.94. The quantitative estimate of drug-likeness (QED) is 0.217. The number of benzene rings is 7. The van der Waals surface area contributed by atoms with Gasteiger partial charge in [0.25, 0.3) is 0 Å². The van der Waals surface area contributed by atoms with Crippen molar-refractivity contribution >= 4 is 49.6 Å². The number of fused-ring (bicyclic) bond motifs is 6. The molecule has 0 bridgehead atoms. The molecule has 1 aliphatic rings. The molecular weight excluding hydrogens is 524 g/mol. The first-order valence-corrected chi connectivity index (χ1v) is 14.6. The van der Waals surface area contributed by atoms with Gasteiger partial charge in [0.2, 0.25) is 0 Å². The lowest BCUT2D eigenvalue weighted by Gasteiger charge is -2.28. The van der Waals surface area contributed by atoms with Crippen LogP contribution in [0.3, 0.4) is 0 Å². The number of anilines is 3. The molecule has 202 valence electrons. The summed E-state index contributed by atoms with van der Waals surface area (Å²) in [5, 5.41) is 4.81. The number of hydrogen-bond acceptors (Lipinski definition) is 2. The van der Waals surface area contributed by atoms with Crippen LogP contribution in [0, 0.1) is 0 Å². The van der Waals surface area contributed by atoms with Crippen molar-refractivity contribution in [3.63, 3.8) is 0 Å². The lowest BCUT2D eigenvalue weighted by molar-refractivity contribution is 0.477. The van der Waals surface area contributed by atoms with Crippen LogP contribution in [0.1, 0.15) is 0 Å². The summed E-state index contributed by atoms with van der Waals surface area (Å²) in [6.45, 7) is 0. The maximum Gasteiger partial charge on any atom is 0.152 e. The van der Waals surface area contributed by atoms with Crippen molar-refractivity contribution in [2.24, 2.45) is 0 Å². The van der Waals surface area contributed by atoms with Crippen molar-refractivity contribution < 1.29 is 4.74 Å². The van der Waals surface area contributed by atoms with Crippen molar-refractivity contribution in [3.05, 3.63) is 158 Å². The van der Waals surface area contributed by atoms with E-state index < -0.39 is 0 Å². The predicted molar refractivity (Wildman–Crippen MR) is 178 cm³/mol. The summed E-state index contributed by atoms with van der Waals surface area (Å²) < 4.78 is 9.00. The Morgan fingerprint density at radius 1 is 0.419 bits per heavy atom. The Morgan fingerprint density at radius 2 is 1.02 bits per heavy atom. The summed E-state index contributed by atoms with van der Waals surface area (Å²) in [5.41, 5.74) is 9.07. The van der Waals surface area contributed by atoms with E-state index in [-0.39, 0.29) is 0 Å². The van der Waals surface area contributed by atoms with Crippen LogP contribution < -0.4 is 9.64 Å². The standard InChI is InChI=1S/C40H26N2O/c1-3-13-27(14-4-1)41(28-15-5-2-6-16-28)36-26-25-30(29-17-7-8-18-31(29)36)33-20-11-23-37-39(33)42-35-22-10-9-19-32(35)34-21-12-24-38(43-37)40(34)42/h1-26H. The summed E-state index contributed by atoms with van der Waals surface area (Å²) >= 11 is 0. The monoisotopic (exact) mass is 550 g/mol. The Hall–Kier alpha value is -5.80. The van der Waals surface area contributed by atoms with Crippen molar-refractivity contribution in [2.45, 2.75) is 0 Å². The van der Waals surface area contributed by atoms with Gasteiger partial charge in [0.15, 0.2) is 11.5 Å². The number of rotatable bonds is 4. The predicted octanol–water partition coefficient (Wildman–Crippen LogP) is 11.2. The highest BCUT2D eigenvalue weighted by Gasteiger charge is 2.27. The van der Waals surface area contributed by atoms with Crippen LogP contribution >= 0.6 is 0 Å². The molecule has 3 nitrogen and oxygen atoms in total. The Morgan fingerprint density at radius 3 is 1.79 bits per heavy atom. The Balaban J connectivity index is 1.32. The zero-order chi connectivity index (χ0) is 28.3. The second-order valence-corrected chi connectivity index (χ2v) is 10.9. The molecule has 7 aromatic carbocycles. The fourth-order valence-corrected chi connectivity index (χ4v) is 6.77. The number of aromatic nitrogens is 1. The Kier molecular flexibility index (Phi) is 5.20. The van der Waals surface area contributed by atoms with Crippen LogP contribution in [-0.2, 0) is 0 Å². The number of hydrogen-bond donors (Lipinski definition) is 0. The van der Waals surface area contributed by atoms with Crippen LogP contribution in [0.2, 0.25) is 0 Å². The minimum Gasteiger partial charge on any atom is -0.453 e. The number of para-hydroxylation sites is 5. The molecule has 0 atom stereocenters. The highest BCUT2D eigenvalue weighted by atomic mass is 16.5. The highest BCUT2D eigenvalue weighted by Crippen LogP contribution is 2.50. The largest absolute Gasteiger partial charge is 0.453 e. The molecule has 43 heavy (non-hydrogen) atoms. The third kappa shape index (κ3) is 3.55. The smallest absolute Gasteiger partial charge is 0.152 e. The maximum atomic E-state index is 6.60. The second kappa shape index (κ2) is 9.37. The highest BCUT2D eigenvalue weighted by molar-refractivity contribution is 6.14. The molecule has 0 N–H and O–H groups in total. The molecule has 0 spiro atoms. The third-order valence-corrected chi connectivity index (χ3v) is 8.56. The molecule has 3 heteroatoms. The molecule has 8 aromatic rings. The normalized spacial score (nSPS) is 11.9. The van der Waals surface area contributed by atoms with E-state index in [1.54, 1.807) is 0 Å². The van der Waals surface area contributed by atoms with Crippen LogP contribution in [0.25, 0.3) is 49.4 Å². The van der Waals surface area contributed by atoms with Gasteiger partial charge in [-0.25, -0.2) is 0 Å². The van der Waals surface area contributed by atoms with Crippen molar-refractivity contribution in [3.8, 4) is 28.3 Å². The SMILES string of the molecule is c1ccc(N(c2ccccc2)c2ccc(-c3cccc4c3-n3c5ccccc5c5cccc(c53)O4)c3ccccc23)cc1. The first-order chi connectivity index (χ1) is 21.4. The molecular formula is C40H26N2O. The van der Waals surface area contributed by atoms with E-state index in [0.717, 1.165) is 45.3 Å². The fourth-order valence-electron chi connectivity index (χ4n) is 6.77. The summed E-state index contributed by atoms with van der Waals surface area (Å²) in [6.07, 6.45) is 0. The van der Waals surface area contributed by atoms with Gasteiger partial charge in [-0.1, -0.05) is 109 Å². The van der Waals surface area contributed by atoms with Crippen LogP contribution in [-0.4, -0.2) is 4.57 Å². The van der Waals surface area contributed by atoms with E-state index >= 15 is 0 Å². The first-order valence-electron chi connectivity index (χ1n) is 14.6. The van der Waals surface area contributed by atoms with E-state index in [9.17, 15) is 0 Å². The fraction of sp³-hybridized carbons (Fsp3) is 0. The van der Waals surface area contributed by atoms with Gasteiger partial charge in [-0.2, -0.15) is 0 Å². The number of ether oxygens (including phenoxy) is 1. The Bertz CT molecular complexity index is 2280.